The van der Waals surface area contributed by atoms with Crippen LogP contribution in [-0.2, 0) is 68.7 Å². The molecule has 74 heavy (non-hydrogen) atoms. The zero-order valence-electron chi connectivity index (χ0n) is 41.1. The Hall–Kier alpha value is -7.44. The second-order valence-electron chi connectivity index (χ2n) is 17.0. The first kappa shape index (κ1) is 64.6. The third-order valence-corrected chi connectivity index (χ3v) is 11.3. The number of rotatable bonds is 34. The van der Waals surface area contributed by atoms with Gasteiger partial charge in [0.15, 0.2) is 0 Å². The lowest BCUT2D eigenvalue weighted by molar-refractivity contribution is -0.144. The minimum absolute atomic E-state index is 0.00251. The largest absolute Gasteiger partial charge is 0.481 e. The van der Waals surface area contributed by atoms with Gasteiger partial charge in [-0.3, -0.25) is 57.5 Å². The molecule has 0 aliphatic heterocycles. The highest BCUT2D eigenvalue weighted by atomic mass is 32.1. The molecule has 1 rings (SSSR count). The van der Waals surface area contributed by atoms with Crippen LogP contribution in [0.1, 0.15) is 71.8 Å². The predicted molar refractivity (Wildman–Crippen MR) is 261 cm³/mol. The van der Waals surface area contributed by atoms with E-state index in [1.165, 1.54) is 13.8 Å². The van der Waals surface area contributed by atoms with E-state index in [0.29, 0.717) is 5.56 Å². The number of aliphatic hydroxyl groups excluding tert-OH is 2. The van der Waals surface area contributed by atoms with Crippen LogP contribution in [0.15, 0.2) is 30.3 Å². The van der Waals surface area contributed by atoms with Crippen molar-refractivity contribution in [3.8, 4) is 0 Å². The molecular formula is C44H68N12O17S. The summed E-state index contributed by atoms with van der Waals surface area (Å²) in [6.45, 7) is 3.48. The molecule has 412 valence electrons. The smallest absolute Gasteiger partial charge is 0.326 e. The number of carboxylic acids is 2. The molecule has 0 saturated heterocycles. The molecule has 30 heteroatoms. The Labute approximate surface area is 430 Å². The maximum absolute atomic E-state index is 13.7. The number of primary amides is 2. The number of hydrogen-bond acceptors (Lipinski definition) is 17. The SMILES string of the molecule is CC[C@H](C)[C@H](NC(=O)[C@H](CC(N)=O)NC(=O)[C@H](CCC(N)=O)NC(=O)CNC(=O)[C@H](CO)NC(=O)[C@H](C)NC(=O)[C@H](Cc1ccccc1)NC(=O)[C@@H](N)CS)C(=O)N[C@H](C(=O)N[C@@H](CCC(=O)O)C(=O)O)[C@@H](C)O. The number of aliphatic carboxylic acids is 2. The second-order valence-corrected chi connectivity index (χ2v) is 17.4. The maximum Gasteiger partial charge on any atom is 0.326 e. The van der Waals surface area contributed by atoms with E-state index < -0.39 is 189 Å². The van der Waals surface area contributed by atoms with Gasteiger partial charge in [-0.05, 0) is 38.2 Å². The van der Waals surface area contributed by atoms with E-state index in [4.69, 9.17) is 22.3 Å². The van der Waals surface area contributed by atoms with E-state index in [2.05, 4.69) is 55.2 Å². The van der Waals surface area contributed by atoms with Crippen LogP contribution in [0.25, 0.3) is 0 Å². The lowest BCUT2D eigenvalue weighted by atomic mass is 9.96. The summed E-state index contributed by atoms with van der Waals surface area (Å²) in [4.78, 5) is 166. The summed E-state index contributed by atoms with van der Waals surface area (Å²) in [5, 5.41) is 59.0. The lowest BCUT2D eigenvalue weighted by Gasteiger charge is -2.29. The van der Waals surface area contributed by atoms with Gasteiger partial charge in [-0.1, -0.05) is 50.6 Å². The molecule has 0 saturated carbocycles. The van der Waals surface area contributed by atoms with E-state index in [0.717, 1.165) is 6.92 Å². The van der Waals surface area contributed by atoms with Crippen molar-refractivity contribution in [3.63, 3.8) is 0 Å². The molecular weight excluding hydrogens is 1000 g/mol. The molecule has 29 nitrogen and oxygen atoms in total. The van der Waals surface area contributed by atoms with Gasteiger partial charge in [0, 0.05) is 25.0 Å². The molecule has 0 bridgehead atoms. The molecule has 19 N–H and O–H groups in total. The molecule has 0 aliphatic carbocycles. The van der Waals surface area contributed by atoms with E-state index >= 15 is 0 Å². The van der Waals surface area contributed by atoms with Crippen molar-refractivity contribution in [2.24, 2.45) is 23.1 Å². The molecule has 0 aliphatic rings. The van der Waals surface area contributed by atoms with Crippen molar-refractivity contribution in [1.82, 2.24) is 47.9 Å². The third-order valence-electron chi connectivity index (χ3n) is 10.9. The Balaban J connectivity index is 3.16. The Kier molecular flexibility index (Phi) is 28.4. The lowest BCUT2D eigenvalue weighted by Crippen LogP contribution is -2.62. The van der Waals surface area contributed by atoms with E-state index in [9.17, 15) is 77.6 Å². The summed E-state index contributed by atoms with van der Waals surface area (Å²) in [5.74, 6) is -15.3. The van der Waals surface area contributed by atoms with Gasteiger partial charge in [0.1, 0.15) is 48.3 Å². The highest BCUT2D eigenvalue weighted by molar-refractivity contribution is 7.80. The quantitative estimate of drug-likeness (QED) is 0.0285. The fourth-order valence-electron chi connectivity index (χ4n) is 6.46. The standard InChI is InChI=1S/C44H68N12O17S/c1-5-20(2)34(42(70)56-35(22(4)58)43(71)51-26(44(72)73)12-14-33(62)63)55-41(69)28(16-31(47)60)53-39(67)25(11-13-30(46)59)50-32(61)17-48-38(66)29(18-57)54-36(64)21(3)49-40(68)27(52-37(65)24(45)19-74)15-23-9-7-6-8-10-23/h6-10,20-22,24-29,34-35,57-58,74H,5,11-19,45H2,1-4H3,(H2,46,59)(H2,47,60)(H,48,66)(H,49,68)(H,50,61)(H,51,71)(H,52,65)(H,53,67)(H,54,64)(H,55,69)(H,56,70)(H,62,63)(H,72,73)/t20-,21-,22+,24-,25-,26-,27-,28-,29-,34-,35-/m0/s1. The maximum atomic E-state index is 13.7. The third kappa shape index (κ3) is 23.4. The topological polar surface area (TPSA) is 489 Å². The van der Waals surface area contributed by atoms with Crippen LogP contribution < -0.4 is 65.1 Å². The predicted octanol–water partition coefficient (Wildman–Crippen LogP) is -6.99. The first-order valence-corrected chi connectivity index (χ1v) is 23.7. The number of carbonyl (C=O) groups excluding carboxylic acids is 11. The molecule has 0 fully saturated rings. The zero-order valence-corrected chi connectivity index (χ0v) is 42.0. The molecule has 1 aromatic rings. The summed E-state index contributed by atoms with van der Waals surface area (Å²) in [6.07, 6.45) is -4.64. The van der Waals surface area contributed by atoms with Gasteiger partial charge < -0.3 is 85.5 Å². The van der Waals surface area contributed by atoms with Gasteiger partial charge >= 0.3 is 11.9 Å². The number of nitrogens with two attached hydrogens (primary N) is 3. The number of carboxylic acid groups (broad SMARTS) is 2. The van der Waals surface area contributed by atoms with Gasteiger partial charge in [-0.15, -0.1) is 0 Å². The number of nitrogens with one attached hydrogen (secondary N) is 9. The average molecular weight is 1070 g/mol. The first-order valence-electron chi connectivity index (χ1n) is 23.1. The van der Waals surface area contributed by atoms with Crippen LogP contribution in [0.5, 0.6) is 0 Å². The summed E-state index contributed by atoms with van der Waals surface area (Å²) < 4.78 is 0. The Bertz CT molecular complexity index is 2170. The summed E-state index contributed by atoms with van der Waals surface area (Å²) in [5.41, 5.74) is 17.0. The molecule has 11 amide bonds. The molecule has 11 atom stereocenters. The van der Waals surface area contributed by atoms with Crippen molar-refractivity contribution < 1.29 is 82.8 Å². The molecule has 0 heterocycles. The highest BCUT2D eigenvalue weighted by Gasteiger charge is 2.37. The number of hydrogen-bond donors (Lipinski definition) is 17. The van der Waals surface area contributed by atoms with Crippen LogP contribution >= 0.6 is 12.6 Å². The van der Waals surface area contributed by atoms with Gasteiger partial charge in [0.05, 0.1) is 31.7 Å². The van der Waals surface area contributed by atoms with E-state index in [1.54, 1.807) is 37.3 Å². The Morgan fingerprint density at radius 3 is 1.65 bits per heavy atom. The first-order chi connectivity index (χ1) is 34.6. The van der Waals surface area contributed by atoms with Crippen LogP contribution in [0.4, 0.5) is 0 Å². The van der Waals surface area contributed by atoms with Crippen LogP contribution in [0.3, 0.4) is 0 Å². The van der Waals surface area contributed by atoms with E-state index in [1.807, 2.05) is 5.32 Å². The average Bonchev–Trinajstić information content (AvgIpc) is 3.34. The molecule has 0 aromatic heterocycles. The van der Waals surface area contributed by atoms with Gasteiger partial charge in [0.2, 0.25) is 65.0 Å². The number of amides is 11. The second kappa shape index (κ2) is 32.6. The highest BCUT2D eigenvalue weighted by Crippen LogP contribution is 2.12. The van der Waals surface area contributed by atoms with Gasteiger partial charge in [0.25, 0.3) is 0 Å². The Morgan fingerprint density at radius 1 is 0.595 bits per heavy atom. The fraction of sp³-hybridized carbons (Fsp3) is 0.568. The van der Waals surface area contributed by atoms with Crippen LogP contribution in [-0.4, -0.2) is 177 Å². The Morgan fingerprint density at radius 2 is 1.12 bits per heavy atom. The van der Waals surface area contributed by atoms with Gasteiger partial charge in [-0.2, -0.15) is 12.6 Å². The molecule has 0 unspecified atom stereocenters. The van der Waals surface area contributed by atoms with Crippen molar-refractivity contribution >= 4 is 89.5 Å². The monoisotopic (exact) mass is 1070 g/mol. The summed E-state index contributed by atoms with van der Waals surface area (Å²) in [7, 11) is 0. The fourth-order valence-corrected chi connectivity index (χ4v) is 6.62. The van der Waals surface area contributed by atoms with Crippen LogP contribution in [0, 0.1) is 5.92 Å². The zero-order chi connectivity index (χ0) is 56.4. The number of benzene rings is 1. The normalized spacial score (nSPS) is 15.4. The number of aliphatic hydroxyl groups is 2. The van der Waals surface area contributed by atoms with Gasteiger partial charge in [-0.25, -0.2) is 4.79 Å². The van der Waals surface area contributed by atoms with Crippen molar-refractivity contribution in [2.75, 3.05) is 18.9 Å². The minimum Gasteiger partial charge on any atom is -0.481 e. The molecule has 0 radical (unpaired) electrons. The minimum atomic E-state index is -1.88. The van der Waals surface area contributed by atoms with Crippen molar-refractivity contribution in [1.29, 1.82) is 0 Å². The van der Waals surface area contributed by atoms with Crippen LogP contribution in [0.2, 0.25) is 0 Å². The molecule has 1 aromatic carbocycles. The number of thiol groups is 1. The molecule has 0 spiro atoms. The van der Waals surface area contributed by atoms with E-state index in [-0.39, 0.29) is 18.6 Å². The van der Waals surface area contributed by atoms with Crippen molar-refractivity contribution in [2.45, 2.75) is 133 Å². The summed E-state index contributed by atoms with van der Waals surface area (Å²) in [6, 6.07) is -5.49. The summed E-state index contributed by atoms with van der Waals surface area (Å²) >= 11 is 4.00. The van der Waals surface area contributed by atoms with Crippen molar-refractivity contribution in [3.05, 3.63) is 35.9 Å². The number of carbonyl (C=O) groups is 13.